The molecule has 1 aromatic rings. The monoisotopic (exact) mass is 180 g/mol. The van der Waals surface area contributed by atoms with Crippen LogP contribution >= 0.6 is 0 Å². The molecule has 13 heavy (non-hydrogen) atoms. The van der Waals surface area contributed by atoms with Crippen molar-refractivity contribution in [2.75, 3.05) is 5.32 Å². The lowest BCUT2D eigenvalue weighted by Gasteiger charge is -1.97. The number of anilines is 1. The van der Waals surface area contributed by atoms with E-state index in [0.717, 1.165) is 12.1 Å². The average molecular weight is 180 g/mol. The molecule has 4 nitrogen and oxygen atoms in total. The molecule has 2 rings (SSSR count). The Kier molecular flexibility index (Phi) is 1.83. The molecule has 4 heteroatoms. The number of nitrogens with zero attached hydrogens (tertiary/aromatic N) is 1. The zero-order valence-electron chi connectivity index (χ0n) is 7.70. The van der Waals surface area contributed by atoms with Crippen LogP contribution in [0.15, 0.2) is 10.6 Å². The first kappa shape index (κ1) is 8.29. The highest BCUT2D eigenvalue weighted by Gasteiger charge is 2.39. The molecule has 2 atom stereocenters. The highest BCUT2D eigenvalue weighted by molar-refractivity contribution is 5.93. The summed E-state index contributed by atoms with van der Waals surface area (Å²) >= 11 is 0. The van der Waals surface area contributed by atoms with Crippen molar-refractivity contribution in [2.45, 2.75) is 20.3 Å². The third-order valence-corrected chi connectivity index (χ3v) is 2.32. The number of carbonyl (C=O) groups is 1. The first-order chi connectivity index (χ1) is 6.16. The van der Waals surface area contributed by atoms with Crippen LogP contribution in [0.1, 0.15) is 19.0 Å². The van der Waals surface area contributed by atoms with Gasteiger partial charge < -0.3 is 4.52 Å². The number of hydrogen-bond donors (Lipinski definition) is 1. The predicted octanol–water partition coefficient (Wildman–Crippen LogP) is 1.58. The van der Waals surface area contributed by atoms with E-state index in [9.17, 15) is 4.79 Å². The normalized spacial score (nSPS) is 25.7. The molecule has 1 saturated carbocycles. The summed E-state index contributed by atoms with van der Waals surface area (Å²) < 4.78 is 4.87. The van der Waals surface area contributed by atoms with E-state index in [2.05, 4.69) is 17.4 Å². The van der Waals surface area contributed by atoms with Crippen LogP contribution in [0.2, 0.25) is 0 Å². The number of aryl methyl sites for hydroxylation is 1. The van der Waals surface area contributed by atoms with Gasteiger partial charge in [-0.15, -0.1) is 0 Å². The van der Waals surface area contributed by atoms with Crippen molar-refractivity contribution in [2.24, 2.45) is 11.8 Å². The minimum absolute atomic E-state index is 0.0450. The van der Waals surface area contributed by atoms with Gasteiger partial charge in [0.05, 0.1) is 5.69 Å². The number of rotatable bonds is 2. The van der Waals surface area contributed by atoms with Gasteiger partial charge in [-0.1, -0.05) is 12.1 Å². The fraction of sp³-hybridized carbons (Fsp3) is 0.556. The van der Waals surface area contributed by atoms with Crippen LogP contribution in [-0.2, 0) is 4.79 Å². The van der Waals surface area contributed by atoms with E-state index in [4.69, 9.17) is 4.52 Å². The van der Waals surface area contributed by atoms with Crippen LogP contribution < -0.4 is 5.32 Å². The molecule has 1 fully saturated rings. The average Bonchev–Trinajstić information content (AvgIpc) is 2.66. The van der Waals surface area contributed by atoms with Gasteiger partial charge in [0.2, 0.25) is 11.8 Å². The van der Waals surface area contributed by atoms with E-state index in [0.29, 0.717) is 11.8 Å². The predicted molar refractivity (Wildman–Crippen MR) is 47.1 cm³/mol. The Bertz CT molecular complexity index is 332. The van der Waals surface area contributed by atoms with Gasteiger partial charge in [0.25, 0.3) is 0 Å². The summed E-state index contributed by atoms with van der Waals surface area (Å²) in [5, 5.41) is 6.37. The summed E-state index contributed by atoms with van der Waals surface area (Å²) in [6.07, 6.45) is 0.985. The quantitative estimate of drug-likeness (QED) is 0.751. The highest BCUT2D eigenvalue weighted by atomic mass is 16.5. The lowest BCUT2D eigenvalue weighted by atomic mass is 10.3. The molecule has 0 aliphatic heterocycles. The molecule has 0 radical (unpaired) electrons. The number of nitrogens with one attached hydrogen (secondary N) is 1. The largest absolute Gasteiger partial charge is 0.338 e. The molecule has 70 valence electrons. The molecular formula is C9H12N2O2. The van der Waals surface area contributed by atoms with Crippen LogP contribution in [0.3, 0.4) is 0 Å². The molecule has 1 aliphatic rings. The maximum Gasteiger partial charge on any atom is 0.231 e. The van der Waals surface area contributed by atoms with Crippen molar-refractivity contribution in [3.05, 3.63) is 11.8 Å². The van der Waals surface area contributed by atoms with Gasteiger partial charge in [0.15, 0.2) is 0 Å². The third-order valence-electron chi connectivity index (χ3n) is 2.32. The van der Waals surface area contributed by atoms with E-state index in [-0.39, 0.29) is 11.8 Å². The molecule has 1 heterocycles. The van der Waals surface area contributed by atoms with E-state index in [1.54, 1.807) is 6.07 Å². The van der Waals surface area contributed by atoms with E-state index >= 15 is 0 Å². The van der Waals surface area contributed by atoms with E-state index in [1.165, 1.54) is 0 Å². The number of amides is 1. The van der Waals surface area contributed by atoms with Crippen LogP contribution in [0.25, 0.3) is 0 Å². The Morgan fingerprint density at radius 2 is 2.46 bits per heavy atom. The molecule has 1 aromatic heterocycles. The van der Waals surface area contributed by atoms with Gasteiger partial charge in [-0.3, -0.25) is 10.1 Å². The molecule has 0 unspecified atom stereocenters. The summed E-state index contributed by atoms with van der Waals surface area (Å²) in [6, 6.07) is 1.71. The van der Waals surface area contributed by atoms with Gasteiger partial charge >= 0.3 is 0 Å². The van der Waals surface area contributed by atoms with E-state index < -0.39 is 0 Å². The minimum Gasteiger partial charge on any atom is -0.338 e. The third kappa shape index (κ3) is 1.71. The second-order valence-corrected chi connectivity index (χ2v) is 3.64. The highest BCUT2D eigenvalue weighted by Crippen LogP contribution is 2.38. The summed E-state index contributed by atoms with van der Waals surface area (Å²) in [7, 11) is 0. The van der Waals surface area contributed by atoms with E-state index in [1.807, 2.05) is 6.92 Å². The van der Waals surface area contributed by atoms with Crippen LogP contribution in [-0.4, -0.2) is 11.1 Å². The molecule has 0 saturated heterocycles. The lowest BCUT2D eigenvalue weighted by molar-refractivity contribution is -0.117. The Balaban J connectivity index is 1.95. The van der Waals surface area contributed by atoms with Crippen molar-refractivity contribution in [3.63, 3.8) is 0 Å². The molecule has 0 aromatic carbocycles. The number of carbonyl (C=O) groups excluding carboxylic acids is 1. The van der Waals surface area contributed by atoms with Crippen molar-refractivity contribution in [3.8, 4) is 0 Å². The number of hydrogen-bond acceptors (Lipinski definition) is 3. The number of aromatic nitrogens is 1. The molecule has 0 spiro atoms. The van der Waals surface area contributed by atoms with Gasteiger partial charge in [0, 0.05) is 12.0 Å². The molecule has 1 N–H and O–H groups in total. The first-order valence-electron chi connectivity index (χ1n) is 4.41. The maximum absolute atomic E-state index is 11.4. The van der Waals surface area contributed by atoms with Crippen molar-refractivity contribution >= 4 is 11.8 Å². The first-order valence-corrected chi connectivity index (χ1v) is 4.41. The minimum atomic E-state index is 0.0450. The Hall–Kier alpha value is -1.32. The Labute approximate surface area is 76.3 Å². The second-order valence-electron chi connectivity index (χ2n) is 3.64. The van der Waals surface area contributed by atoms with Crippen molar-refractivity contribution < 1.29 is 9.32 Å². The standard InChI is InChI=1S/C9H12N2O2/c1-5-3-7(5)9(12)10-8-4-6(2)11-13-8/h4-5,7H,3H2,1-2H3,(H,10,12)/t5-,7-/m1/s1. The van der Waals surface area contributed by atoms with Gasteiger partial charge in [0.1, 0.15) is 0 Å². The van der Waals surface area contributed by atoms with Gasteiger partial charge in [-0.2, -0.15) is 0 Å². The molecule has 0 bridgehead atoms. The summed E-state index contributed by atoms with van der Waals surface area (Å²) in [6.45, 7) is 3.88. The summed E-state index contributed by atoms with van der Waals surface area (Å²) in [4.78, 5) is 11.4. The Morgan fingerprint density at radius 3 is 2.92 bits per heavy atom. The summed E-state index contributed by atoms with van der Waals surface area (Å²) in [5.74, 6) is 1.18. The fourth-order valence-corrected chi connectivity index (χ4v) is 1.32. The molecular weight excluding hydrogens is 168 g/mol. The second kappa shape index (κ2) is 2.87. The lowest BCUT2D eigenvalue weighted by Crippen LogP contribution is -2.13. The maximum atomic E-state index is 11.4. The SMILES string of the molecule is Cc1cc(NC(=O)[C@@H]2C[C@H]2C)on1. The Morgan fingerprint density at radius 1 is 1.77 bits per heavy atom. The van der Waals surface area contributed by atoms with Gasteiger partial charge in [-0.05, 0) is 19.3 Å². The topological polar surface area (TPSA) is 55.1 Å². The summed E-state index contributed by atoms with van der Waals surface area (Å²) in [5.41, 5.74) is 0.777. The molecule has 1 amide bonds. The molecule has 1 aliphatic carbocycles. The smallest absolute Gasteiger partial charge is 0.231 e. The zero-order valence-corrected chi connectivity index (χ0v) is 7.70. The van der Waals surface area contributed by atoms with Crippen molar-refractivity contribution in [1.82, 2.24) is 5.16 Å². The van der Waals surface area contributed by atoms with Crippen molar-refractivity contribution in [1.29, 1.82) is 0 Å². The van der Waals surface area contributed by atoms with Crippen LogP contribution in [0.4, 0.5) is 5.88 Å². The van der Waals surface area contributed by atoms with Crippen LogP contribution in [0, 0.1) is 18.8 Å². The fourth-order valence-electron chi connectivity index (χ4n) is 1.32. The van der Waals surface area contributed by atoms with Gasteiger partial charge in [-0.25, -0.2) is 0 Å². The van der Waals surface area contributed by atoms with Crippen LogP contribution in [0.5, 0.6) is 0 Å². The zero-order chi connectivity index (χ0) is 9.42.